The van der Waals surface area contributed by atoms with Crippen LogP contribution in [0.4, 0.5) is 10.3 Å². The summed E-state index contributed by atoms with van der Waals surface area (Å²) in [7, 11) is 0. The van der Waals surface area contributed by atoms with Gasteiger partial charge in [-0.15, -0.1) is 0 Å². The number of nitrogens with zero attached hydrogens (tertiary/aromatic N) is 2. The van der Waals surface area contributed by atoms with E-state index in [2.05, 4.69) is 27.6 Å². The molecule has 0 bridgehead atoms. The second kappa shape index (κ2) is 5.30. The Morgan fingerprint density at radius 1 is 1.15 bits per heavy atom. The molecule has 0 spiro atoms. The third kappa shape index (κ3) is 2.37. The van der Waals surface area contributed by atoms with Crippen LogP contribution < -0.4 is 5.73 Å². The Morgan fingerprint density at radius 3 is 2.60 bits per heavy atom. The molecule has 0 aliphatic rings. The maximum atomic E-state index is 13.8. The first-order valence-electron chi connectivity index (χ1n) is 5.56. The monoisotopic (exact) mass is 513 g/mol. The van der Waals surface area contributed by atoms with Gasteiger partial charge in [-0.25, -0.2) is 9.37 Å². The summed E-state index contributed by atoms with van der Waals surface area (Å²) in [6.07, 6.45) is 0. The van der Waals surface area contributed by atoms with E-state index >= 15 is 0 Å². The minimum absolute atomic E-state index is 0.289. The molecule has 0 saturated heterocycles. The van der Waals surface area contributed by atoms with Crippen molar-refractivity contribution in [1.82, 2.24) is 9.55 Å². The highest BCUT2D eigenvalue weighted by atomic mass is 127. The van der Waals surface area contributed by atoms with E-state index in [-0.39, 0.29) is 5.82 Å². The van der Waals surface area contributed by atoms with E-state index in [4.69, 9.17) is 17.3 Å². The van der Waals surface area contributed by atoms with Gasteiger partial charge >= 0.3 is 0 Å². The highest BCUT2D eigenvalue weighted by Crippen LogP contribution is 2.29. The lowest BCUT2D eigenvalue weighted by molar-refractivity contribution is 0.622. The van der Waals surface area contributed by atoms with Gasteiger partial charge in [0, 0.05) is 14.7 Å². The van der Waals surface area contributed by atoms with Crippen LogP contribution in [0, 0.1) is 13.0 Å². The molecule has 102 valence electrons. The molecule has 1 aromatic heterocycles. The highest BCUT2D eigenvalue weighted by Gasteiger charge is 2.15. The van der Waals surface area contributed by atoms with Gasteiger partial charge in [-0.2, -0.15) is 0 Å². The summed E-state index contributed by atoms with van der Waals surface area (Å²) in [4.78, 5) is 4.29. The number of nitrogens with two attached hydrogens (primary N) is 1. The van der Waals surface area contributed by atoms with Crippen LogP contribution in [0.15, 0.2) is 30.3 Å². The molecule has 3 aromatic rings. The number of halogens is 4. The van der Waals surface area contributed by atoms with E-state index in [9.17, 15) is 4.39 Å². The van der Waals surface area contributed by atoms with Gasteiger partial charge in [-0.05, 0) is 69.4 Å². The molecule has 7 heteroatoms. The van der Waals surface area contributed by atoms with Crippen LogP contribution in [0.3, 0.4) is 0 Å². The zero-order valence-electron chi connectivity index (χ0n) is 9.87. The molecule has 20 heavy (non-hydrogen) atoms. The molecule has 1 heterocycles. The van der Waals surface area contributed by atoms with E-state index in [0.717, 1.165) is 9.26 Å². The lowest BCUT2D eigenvalue weighted by atomic mass is 10.2. The zero-order chi connectivity index (χ0) is 14.4. The largest absolute Gasteiger partial charge is 0.369 e. The van der Waals surface area contributed by atoms with Crippen molar-refractivity contribution in [3.63, 3.8) is 0 Å². The van der Waals surface area contributed by atoms with Crippen LogP contribution in [-0.2, 0) is 0 Å². The van der Waals surface area contributed by atoms with Gasteiger partial charge in [-0.3, -0.25) is 4.57 Å². The third-order valence-corrected chi connectivity index (χ3v) is 4.80. The molecule has 0 radical (unpaired) electrons. The molecule has 2 aromatic carbocycles. The number of anilines is 1. The molecular weight excluding hydrogens is 506 g/mol. The predicted octanol–water partition coefficient (Wildman–Crippen LogP) is 4.61. The number of hydrogen-bond donors (Lipinski definition) is 1. The fraction of sp³-hybridized carbons (Fsp3) is 0. The molecule has 0 aliphatic heterocycles. The first-order chi connectivity index (χ1) is 9.47. The quantitative estimate of drug-likeness (QED) is 0.483. The van der Waals surface area contributed by atoms with E-state index in [1.54, 1.807) is 16.7 Å². The van der Waals surface area contributed by atoms with Crippen molar-refractivity contribution in [3.05, 3.63) is 48.3 Å². The topological polar surface area (TPSA) is 43.8 Å². The number of benzene rings is 2. The number of nitrogen functional groups attached to an aromatic ring is 1. The predicted molar refractivity (Wildman–Crippen MR) is 95.9 cm³/mol. The van der Waals surface area contributed by atoms with Crippen molar-refractivity contribution in [3.8, 4) is 5.69 Å². The molecule has 2 N–H and O–H groups in total. The van der Waals surface area contributed by atoms with Gasteiger partial charge in [-0.1, -0.05) is 11.6 Å². The Hall–Kier alpha value is -0.610. The van der Waals surface area contributed by atoms with Crippen LogP contribution in [0.1, 0.15) is 0 Å². The molecule has 0 unspecified atom stereocenters. The molecule has 0 atom stereocenters. The summed E-state index contributed by atoms with van der Waals surface area (Å²) in [6, 6.07) is 8.57. The van der Waals surface area contributed by atoms with Gasteiger partial charge in [0.25, 0.3) is 0 Å². The van der Waals surface area contributed by atoms with Crippen molar-refractivity contribution in [2.75, 3.05) is 5.73 Å². The maximum absolute atomic E-state index is 13.8. The molecule has 3 rings (SSSR count). The average molecular weight is 513 g/mol. The number of rotatable bonds is 1. The number of imidazole rings is 1. The molecule has 0 saturated carbocycles. The smallest absolute Gasteiger partial charge is 0.205 e. The third-order valence-electron chi connectivity index (χ3n) is 2.87. The average Bonchev–Trinajstić information content (AvgIpc) is 2.66. The second-order valence-electron chi connectivity index (χ2n) is 4.16. The van der Waals surface area contributed by atoms with Gasteiger partial charge in [0.05, 0.1) is 20.3 Å². The minimum atomic E-state index is -0.289. The molecular formula is C13H7ClFI2N3. The van der Waals surface area contributed by atoms with Crippen LogP contribution in [0.2, 0.25) is 5.02 Å². The Morgan fingerprint density at radius 2 is 1.90 bits per heavy atom. The number of hydrogen-bond acceptors (Lipinski definition) is 2. The van der Waals surface area contributed by atoms with Crippen molar-refractivity contribution in [2.45, 2.75) is 0 Å². The Bertz CT molecular complexity index is 832. The standard InChI is InChI=1S/C13H7ClFI2N3/c14-6-1-2-11(9(17)3-6)20-12-4-7(15)8(16)5-10(12)19-13(20)18/h1-5H,(H2,18,19). The molecule has 0 amide bonds. The van der Waals surface area contributed by atoms with Crippen LogP contribution >= 0.6 is 56.8 Å². The Kier molecular flexibility index (Phi) is 3.80. The summed E-state index contributed by atoms with van der Waals surface area (Å²) in [6.45, 7) is 0. The molecule has 0 fully saturated rings. The van der Waals surface area contributed by atoms with Crippen molar-refractivity contribution >= 4 is 73.8 Å². The van der Waals surface area contributed by atoms with Gasteiger partial charge in [0.15, 0.2) is 0 Å². The summed E-state index contributed by atoms with van der Waals surface area (Å²) in [5.41, 5.74) is 8.12. The first-order valence-corrected chi connectivity index (χ1v) is 8.09. The summed E-state index contributed by atoms with van der Waals surface area (Å²) in [5, 5.41) is 0.641. The molecule has 3 nitrogen and oxygen atoms in total. The lowest BCUT2D eigenvalue weighted by Gasteiger charge is -2.09. The fourth-order valence-electron chi connectivity index (χ4n) is 2.01. The highest BCUT2D eigenvalue weighted by molar-refractivity contribution is 14.1. The zero-order valence-corrected chi connectivity index (χ0v) is 14.9. The van der Waals surface area contributed by atoms with Crippen LogP contribution in [0.25, 0.3) is 16.7 Å². The number of fused-ring (bicyclic) bond motifs is 1. The van der Waals surface area contributed by atoms with Crippen LogP contribution in [0.5, 0.6) is 0 Å². The Balaban J connectivity index is 2.35. The van der Waals surface area contributed by atoms with Gasteiger partial charge in [0.1, 0.15) is 5.82 Å². The first kappa shape index (κ1) is 14.3. The second-order valence-corrected chi connectivity index (χ2v) is 6.92. The normalized spacial score (nSPS) is 11.2. The summed E-state index contributed by atoms with van der Waals surface area (Å²) < 4.78 is 17.0. The lowest BCUT2D eigenvalue weighted by Crippen LogP contribution is -2.02. The Labute approximate surface area is 146 Å². The van der Waals surface area contributed by atoms with E-state index in [0.29, 0.717) is 25.6 Å². The SMILES string of the molecule is Nc1nc2cc(I)c(F)cc2n1-c1ccc(Cl)cc1I. The van der Waals surface area contributed by atoms with Gasteiger partial charge < -0.3 is 5.73 Å². The van der Waals surface area contributed by atoms with E-state index < -0.39 is 0 Å². The summed E-state index contributed by atoms with van der Waals surface area (Å²) >= 11 is 10.1. The van der Waals surface area contributed by atoms with Crippen molar-refractivity contribution in [1.29, 1.82) is 0 Å². The maximum Gasteiger partial charge on any atom is 0.205 e. The van der Waals surface area contributed by atoms with Gasteiger partial charge in [0.2, 0.25) is 5.95 Å². The van der Waals surface area contributed by atoms with Crippen molar-refractivity contribution in [2.24, 2.45) is 0 Å². The van der Waals surface area contributed by atoms with E-state index in [1.807, 2.05) is 34.7 Å². The fourth-order valence-corrected chi connectivity index (χ4v) is 3.57. The van der Waals surface area contributed by atoms with Crippen molar-refractivity contribution < 1.29 is 4.39 Å². The van der Waals surface area contributed by atoms with E-state index in [1.165, 1.54) is 6.07 Å². The van der Waals surface area contributed by atoms with Crippen LogP contribution in [-0.4, -0.2) is 9.55 Å². The number of aromatic nitrogens is 2. The molecule has 0 aliphatic carbocycles. The summed E-state index contributed by atoms with van der Waals surface area (Å²) in [5.74, 6) is 0.0323. The minimum Gasteiger partial charge on any atom is -0.369 e.